The van der Waals surface area contributed by atoms with Crippen molar-refractivity contribution in [1.82, 2.24) is 0 Å². The number of aryl methyl sites for hydroxylation is 1. The molecule has 0 bridgehead atoms. The van der Waals surface area contributed by atoms with Gasteiger partial charge in [0.15, 0.2) is 0 Å². The van der Waals surface area contributed by atoms with Crippen molar-refractivity contribution in [1.29, 1.82) is 0 Å². The maximum atomic E-state index is 11.0. The first-order valence-electron chi connectivity index (χ1n) is 11.4. The number of aliphatic hydroxyl groups is 1. The fourth-order valence-corrected chi connectivity index (χ4v) is 3.29. The van der Waals surface area contributed by atoms with Gasteiger partial charge in [-0.2, -0.15) is 0 Å². The van der Waals surface area contributed by atoms with Gasteiger partial charge in [0.25, 0.3) is 0 Å². The molecule has 0 amide bonds. The maximum absolute atomic E-state index is 11.0. The number of hydrogen-bond acceptors (Lipinski definition) is 5. The lowest BCUT2D eigenvalue weighted by atomic mass is 10.0. The van der Waals surface area contributed by atoms with Gasteiger partial charge in [-0.15, -0.1) is 0 Å². The van der Waals surface area contributed by atoms with E-state index in [1.807, 2.05) is 48.5 Å². The van der Waals surface area contributed by atoms with E-state index in [2.05, 4.69) is 45.9 Å². The fraction of sp³-hybridized carbons (Fsp3) is 0.200. The third-order valence-electron chi connectivity index (χ3n) is 5.05. The molecule has 0 aliphatic heterocycles. The van der Waals surface area contributed by atoms with Crippen LogP contribution in [-0.4, -0.2) is 37.9 Å². The number of ether oxygens (including phenoxy) is 2. The monoisotopic (exact) mass is 472 g/mol. The number of methoxy groups -OCH3 is 2. The van der Waals surface area contributed by atoms with E-state index >= 15 is 0 Å². The van der Waals surface area contributed by atoms with E-state index in [1.54, 1.807) is 13.0 Å². The van der Waals surface area contributed by atoms with E-state index in [9.17, 15) is 9.59 Å². The lowest BCUT2D eigenvalue weighted by Crippen LogP contribution is -2.01. The molecule has 0 saturated heterocycles. The Hall–Kier alpha value is -3.96. The first-order chi connectivity index (χ1) is 17.0. The molecule has 0 fully saturated rings. The Balaban J connectivity index is 0.000000222. The molecule has 0 saturated carbocycles. The molecule has 0 atom stereocenters. The molecule has 4 rings (SSSR count). The Morgan fingerprint density at radius 3 is 1.89 bits per heavy atom. The summed E-state index contributed by atoms with van der Waals surface area (Å²) >= 11 is 0. The minimum Gasteiger partial charge on any atom is -0.469 e. The Labute approximate surface area is 206 Å². The number of aliphatic hydroxyl groups excluding tert-OH is 1. The van der Waals surface area contributed by atoms with Crippen LogP contribution in [0, 0.1) is 0 Å². The van der Waals surface area contributed by atoms with Gasteiger partial charge in [-0.25, -0.2) is 4.79 Å². The number of esters is 2. The van der Waals surface area contributed by atoms with Crippen molar-refractivity contribution < 1.29 is 24.2 Å². The van der Waals surface area contributed by atoms with Gasteiger partial charge in [-0.3, -0.25) is 4.79 Å². The van der Waals surface area contributed by atoms with Crippen LogP contribution in [0.5, 0.6) is 0 Å². The molecule has 0 radical (unpaired) electrons. The Morgan fingerprint density at radius 2 is 1.31 bits per heavy atom. The van der Waals surface area contributed by atoms with Gasteiger partial charge in [0.05, 0.1) is 14.2 Å². The highest BCUT2D eigenvalue weighted by Crippen LogP contribution is 2.17. The highest BCUT2D eigenvalue weighted by molar-refractivity contribution is 5.89. The van der Waals surface area contributed by atoms with Crippen LogP contribution in [0.15, 0.2) is 91.0 Å². The van der Waals surface area contributed by atoms with Crippen LogP contribution >= 0.6 is 0 Å². The number of rotatable bonds is 5. The first-order valence-corrected chi connectivity index (χ1v) is 11.4. The zero-order chi connectivity index (χ0) is 25.5. The molecule has 0 aliphatic carbocycles. The van der Waals surface area contributed by atoms with Crippen LogP contribution in [0.4, 0.5) is 0 Å². The lowest BCUT2D eigenvalue weighted by molar-refractivity contribution is -0.140. The van der Waals surface area contributed by atoms with E-state index in [1.165, 1.54) is 42.0 Å². The minimum atomic E-state index is -0.340. The number of hydrogen-bond donors (Lipinski definition) is 1. The third kappa shape index (κ3) is 9.43. The smallest absolute Gasteiger partial charge is 0.330 e. The van der Waals surface area contributed by atoms with E-state index in [-0.39, 0.29) is 18.5 Å². The number of carbonyl (C=O) groups is 2. The van der Waals surface area contributed by atoms with Gasteiger partial charge < -0.3 is 14.6 Å². The summed E-state index contributed by atoms with van der Waals surface area (Å²) in [6, 6.07) is 28.6. The van der Waals surface area contributed by atoms with Crippen molar-refractivity contribution in [2.24, 2.45) is 0 Å². The molecule has 35 heavy (non-hydrogen) atoms. The van der Waals surface area contributed by atoms with Crippen molar-refractivity contribution in [3.8, 4) is 0 Å². The summed E-state index contributed by atoms with van der Waals surface area (Å²) in [5.74, 6) is -0.499. The summed E-state index contributed by atoms with van der Waals surface area (Å²) in [6.45, 7) is 1.93. The molecule has 0 spiro atoms. The normalized spacial score (nSPS) is 10.2. The highest BCUT2D eigenvalue weighted by Gasteiger charge is 2.02. The van der Waals surface area contributed by atoms with E-state index in [0.717, 1.165) is 17.4 Å². The zero-order valence-electron chi connectivity index (χ0n) is 20.4. The Morgan fingerprint density at radius 1 is 0.771 bits per heavy atom. The topological polar surface area (TPSA) is 72.8 Å². The van der Waals surface area contributed by atoms with Crippen molar-refractivity contribution in [3.63, 3.8) is 0 Å². The summed E-state index contributed by atoms with van der Waals surface area (Å²) < 4.78 is 9.15. The Kier molecular flexibility index (Phi) is 11.7. The Bertz CT molecular complexity index is 1260. The van der Waals surface area contributed by atoms with Crippen molar-refractivity contribution in [3.05, 3.63) is 102 Å². The second kappa shape index (κ2) is 15.0. The van der Waals surface area contributed by atoms with Crippen LogP contribution < -0.4 is 0 Å². The summed E-state index contributed by atoms with van der Waals surface area (Å²) in [4.78, 5) is 22.0. The van der Waals surface area contributed by atoms with Gasteiger partial charge in [-0.1, -0.05) is 78.9 Å². The summed E-state index contributed by atoms with van der Waals surface area (Å²) in [5.41, 5.74) is 2.16. The summed E-state index contributed by atoms with van der Waals surface area (Å²) in [6.07, 6.45) is 4.34. The molecule has 0 heterocycles. The number of benzene rings is 4. The third-order valence-corrected chi connectivity index (χ3v) is 5.05. The van der Waals surface area contributed by atoms with Gasteiger partial charge in [-0.05, 0) is 58.2 Å². The van der Waals surface area contributed by atoms with Crippen LogP contribution in [-0.2, 0) is 25.5 Å². The van der Waals surface area contributed by atoms with Gasteiger partial charge >= 0.3 is 11.9 Å². The van der Waals surface area contributed by atoms with Crippen molar-refractivity contribution >= 4 is 39.6 Å². The molecule has 4 aromatic rings. The van der Waals surface area contributed by atoms with E-state index in [4.69, 9.17) is 5.11 Å². The van der Waals surface area contributed by atoms with E-state index < -0.39 is 0 Å². The molecular weight excluding hydrogens is 440 g/mol. The fourth-order valence-electron chi connectivity index (χ4n) is 3.29. The second-order valence-corrected chi connectivity index (χ2v) is 7.54. The van der Waals surface area contributed by atoms with Crippen LogP contribution in [0.25, 0.3) is 27.6 Å². The van der Waals surface area contributed by atoms with E-state index in [0.29, 0.717) is 6.42 Å². The zero-order valence-corrected chi connectivity index (χ0v) is 20.4. The largest absolute Gasteiger partial charge is 0.469 e. The molecule has 4 aromatic carbocycles. The molecule has 0 unspecified atom stereocenters. The average Bonchev–Trinajstić information content (AvgIpc) is 2.90. The van der Waals surface area contributed by atoms with Gasteiger partial charge in [0.1, 0.15) is 0 Å². The van der Waals surface area contributed by atoms with Gasteiger partial charge in [0.2, 0.25) is 0 Å². The van der Waals surface area contributed by atoms with Crippen LogP contribution in [0.1, 0.15) is 24.5 Å². The molecular formula is C30H32O5. The van der Waals surface area contributed by atoms with Crippen molar-refractivity contribution in [2.45, 2.75) is 19.8 Å². The average molecular weight is 473 g/mol. The predicted octanol–water partition coefficient (Wildman–Crippen LogP) is 5.97. The van der Waals surface area contributed by atoms with Crippen molar-refractivity contribution in [2.75, 3.05) is 20.8 Å². The van der Waals surface area contributed by atoms with Gasteiger partial charge in [0, 0.05) is 19.1 Å². The number of carbonyl (C=O) groups excluding carboxylic acids is 2. The predicted molar refractivity (Wildman–Crippen MR) is 142 cm³/mol. The molecule has 0 aromatic heterocycles. The minimum absolute atomic E-state index is 0.159. The molecule has 5 nitrogen and oxygen atoms in total. The summed E-state index contributed by atoms with van der Waals surface area (Å²) in [5, 5.41) is 12.4. The maximum Gasteiger partial charge on any atom is 0.330 e. The SMILES string of the molecule is CCO.COC(=O)/C=C/c1ccc2ccccc2c1.COC(=O)CCc1ccc2ccccc2c1. The van der Waals surface area contributed by atoms with Crippen LogP contribution in [0.3, 0.4) is 0 Å². The van der Waals surface area contributed by atoms with Crippen LogP contribution in [0.2, 0.25) is 0 Å². The first kappa shape index (κ1) is 27.3. The molecule has 182 valence electrons. The second-order valence-electron chi connectivity index (χ2n) is 7.54. The quantitative estimate of drug-likeness (QED) is 0.286. The standard InChI is InChI=1S/C14H14O2.C14H12O2.C2H6O/c2*1-16-14(15)9-7-11-6-8-12-4-2-3-5-13(12)10-11;1-2-3/h2-6,8,10H,7,9H2,1H3;2-10H,1H3;3H,2H2,1H3/b;9-7+;. The molecule has 0 aliphatic rings. The molecule has 5 heteroatoms. The molecule has 1 N–H and O–H groups in total. The number of fused-ring (bicyclic) bond motifs is 2. The summed E-state index contributed by atoms with van der Waals surface area (Å²) in [7, 11) is 2.79. The highest BCUT2D eigenvalue weighted by atomic mass is 16.5. The lowest BCUT2D eigenvalue weighted by Gasteiger charge is -2.03.